The molecule has 0 aliphatic carbocycles. The first-order valence-electron chi connectivity index (χ1n) is 10.1. The highest BCUT2D eigenvalue weighted by Crippen LogP contribution is 2.22. The lowest BCUT2D eigenvalue weighted by Gasteiger charge is -2.24. The summed E-state index contributed by atoms with van der Waals surface area (Å²) in [6, 6.07) is 17.5. The molecule has 3 rings (SSSR count). The molecular formula is C25H29N3O2. The lowest BCUT2D eigenvalue weighted by molar-refractivity contribution is -0.122. The van der Waals surface area contributed by atoms with Gasteiger partial charge in [-0.25, -0.2) is 0 Å². The summed E-state index contributed by atoms with van der Waals surface area (Å²) in [7, 11) is 1.78. The number of nitrogens with zero attached hydrogens (tertiary/aromatic N) is 1. The molecule has 2 N–H and O–H groups in total. The van der Waals surface area contributed by atoms with Crippen LogP contribution in [0.25, 0.3) is 10.8 Å². The molecule has 3 aromatic rings. The molecule has 0 bridgehead atoms. The summed E-state index contributed by atoms with van der Waals surface area (Å²) >= 11 is 0. The Balaban J connectivity index is 1.60. The second-order valence-corrected chi connectivity index (χ2v) is 7.96. The lowest BCUT2D eigenvalue weighted by Crippen LogP contribution is -2.43. The molecule has 0 fully saturated rings. The molecular weight excluding hydrogens is 374 g/mol. The highest BCUT2D eigenvalue weighted by atomic mass is 16.2. The van der Waals surface area contributed by atoms with E-state index < -0.39 is 6.04 Å². The molecule has 5 heteroatoms. The lowest BCUT2D eigenvalue weighted by atomic mass is 10.1. The summed E-state index contributed by atoms with van der Waals surface area (Å²) in [6.07, 6.45) is 0. The van der Waals surface area contributed by atoms with Crippen molar-refractivity contribution in [3.8, 4) is 0 Å². The number of aryl methyl sites for hydroxylation is 3. The van der Waals surface area contributed by atoms with Gasteiger partial charge in [-0.3, -0.25) is 14.5 Å². The zero-order chi connectivity index (χ0) is 21.8. The van der Waals surface area contributed by atoms with Crippen LogP contribution in [0.15, 0.2) is 54.6 Å². The molecule has 2 amide bonds. The third-order valence-corrected chi connectivity index (χ3v) is 5.39. The van der Waals surface area contributed by atoms with Crippen molar-refractivity contribution >= 4 is 34.0 Å². The largest absolute Gasteiger partial charge is 0.325 e. The van der Waals surface area contributed by atoms with E-state index in [0.29, 0.717) is 0 Å². The van der Waals surface area contributed by atoms with Gasteiger partial charge in [0.25, 0.3) is 0 Å². The van der Waals surface area contributed by atoms with Gasteiger partial charge in [0.2, 0.25) is 11.8 Å². The number of nitrogens with one attached hydrogen (secondary N) is 2. The average molecular weight is 404 g/mol. The summed E-state index contributed by atoms with van der Waals surface area (Å²) in [5.41, 5.74) is 4.82. The number of hydrogen-bond acceptors (Lipinski definition) is 3. The van der Waals surface area contributed by atoms with Gasteiger partial charge in [-0.05, 0) is 68.8 Å². The van der Waals surface area contributed by atoms with Crippen molar-refractivity contribution in [2.75, 3.05) is 24.2 Å². The summed E-state index contributed by atoms with van der Waals surface area (Å²) < 4.78 is 0. The fraction of sp³-hybridized carbons (Fsp3) is 0.280. The SMILES string of the molecule is Cc1cc(C)c(NC(=O)CN(C)C(C)C(=O)Nc2ccc3ccccc3c2)c(C)c1. The summed E-state index contributed by atoms with van der Waals surface area (Å²) in [5, 5.41) is 8.13. The topological polar surface area (TPSA) is 61.4 Å². The number of carbonyl (C=O) groups is 2. The number of hydrogen-bond donors (Lipinski definition) is 2. The Hall–Kier alpha value is -3.18. The van der Waals surface area contributed by atoms with Gasteiger partial charge in [0.05, 0.1) is 12.6 Å². The Labute approximate surface area is 178 Å². The van der Waals surface area contributed by atoms with Crippen LogP contribution in [-0.4, -0.2) is 36.3 Å². The molecule has 0 radical (unpaired) electrons. The van der Waals surface area contributed by atoms with Crippen LogP contribution in [0.3, 0.4) is 0 Å². The van der Waals surface area contributed by atoms with Crippen molar-refractivity contribution in [1.29, 1.82) is 0 Å². The standard InChI is InChI=1S/C25H29N3O2/c1-16-12-17(2)24(18(3)13-16)27-23(29)15-28(5)19(4)25(30)26-22-11-10-20-8-6-7-9-21(20)14-22/h6-14,19H,15H2,1-5H3,(H,26,30)(H,27,29). The van der Waals surface area contributed by atoms with E-state index in [2.05, 4.69) is 10.6 Å². The summed E-state index contributed by atoms with van der Waals surface area (Å²) in [5.74, 6) is -0.291. The van der Waals surface area contributed by atoms with E-state index in [4.69, 9.17) is 0 Å². The first kappa shape index (κ1) is 21.5. The highest BCUT2D eigenvalue weighted by Gasteiger charge is 2.21. The zero-order valence-electron chi connectivity index (χ0n) is 18.2. The number of benzene rings is 3. The van der Waals surface area contributed by atoms with Gasteiger partial charge in [-0.15, -0.1) is 0 Å². The third kappa shape index (κ3) is 5.05. The molecule has 0 saturated carbocycles. The first-order chi connectivity index (χ1) is 14.2. The molecule has 1 unspecified atom stereocenters. The van der Waals surface area contributed by atoms with Crippen LogP contribution in [0.2, 0.25) is 0 Å². The van der Waals surface area contributed by atoms with E-state index >= 15 is 0 Å². The van der Waals surface area contributed by atoms with Crippen molar-refractivity contribution < 1.29 is 9.59 Å². The molecule has 5 nitrogen and oxygen atoms in total. The first-order valence-corrected chi connectivity index (χ1v) is 10.1. The second-order valence-electron chi connectivity index (χ2n) is 7.96. The maximum atomic E-state index is 12.7. The van der Waals surface area contributed by atoms with Gasteiger partial charge in [0.15, 0.2) is 0 Å². The van der Waals surface area contributed by atoms with Crippen LogP contribution in [0.1, 0.15) is 23.6 Å². The van der Waals surface area contributed by atoms with Gasteiger partial charge in [-0.2, -0.15) is 0 Å². The number of amides is 2. The van der Waals surface area contributed by atoms with E-state index in [1.165, 1.54) is 5.56 Å². The van der Waals surface area contributed by atoms with E-state index in [0.717, 1.165) is 33.3 Å². The van der Waals surface area contributed by atoms with Crippen LogP contribution < -0.4 is 10.6 Å². The maximum Gasteiger partial charge on any atom is 0.241 e. The molecule has 3 aromatic carbocycles. The predicted molar refractivity (Wildman–Crippen MR) is 124 cm³/mol. The number of anilines is 2. The van der Waals surface area contributed by atoms with Crippen LogP contribution in [0.5, 0.6) is 0 Å². The fourth-order valence-electron chi connectivity index (χ4n) is 3.63. The molecule has 0 heterocycles. The van der Waals surface area contributed by atoms with Gasteiger partial charge in [-0.1, -0.05) is 48.0 Å². The molecule has 1 atom stereocenters. The Kier molecular flexibility index (Phi) is 6.53. The van der Waals surface area contributed by atoms with Crippen LogP contribution in [0.4, 0.5) is 11.4 Å². The van der Waals surface area contributed by atoms with Crippen molar-refractivity contribution in [3.63, 3.8) is 0 Å². The fourth-order valence-corrected chi connectivity index (χ4v) is 3.63. The Morgan fingerprint density at radius 3 is 2.20 bits per heavy atom. The number of fused-ring (bicyclic) bond motifs is 1. The van der Waals surface area contributed by atoms with Gasteiger partial charge < -0.3 is 10.6 Å². The molecule has 0 aromatic heterocycles. The van der Waals surface area contributed by atoms with Gasteiger partial charge >= 0.3 is 0 Å². The van der Waals surface area contributed by atoms with E-state index in [-0.39, 0.29) is 18.4 Å². The normalized spacial score (nSPS) is 12.1. The smallest absolute Gasteiger partial charge is 0.241 e. The molecule has 156 valence electrons. The average Bonchev–Trinajstić information content (AvgIpc) is 2.69. The van der Waals surface area contributed by atoms with Gasteiger partial charge in [0.1, 0.15) is 0 Å². The van der Waals surface area contributed by atoms with E-state index in [1.807, 2.05) is 75.4 Å². The number of rotatable bonds is 6. The quantitative estimate of drug-likeness (QED) is 0.629. The van der Waals surface area contributed by atoms with Crippen molar-refractivity contribution in [1.82, 2.24) is 4.90 Å². The van der Waals surface area contributed by atoms with Crippen molar-refractivity contribution in [2.24, 2.45) is 0 Å². The van der Waals surface area contributed by atoms with E-state index in [9.17, 15) is 9.59 Å². The Morgan fingerprint density at radius 1 is 0.900 bits per heavy atom. The number of carbonyl (C=O) groups excluding carboxylic acids is 2. The molecule has 0 saturated heterocycles. The monoisotopic (exact) mass is 403 g/mol. The van der Waals surface area contributed by atoms with Crippen LogP contribution in [0, 0.1) is 20.8 Å². The second kappa shape index (κ2) is 9.09. The Morgan fingerprint density at radius 2 is 1.53 bits per heavy atom. The van der Waals surface area contributed by atoms with Crippen LogP contribution in [-0.2, 0) is 9.59 Å². The molecule has 30 heavy (non-hydrogen) atoms. The molecule has 0 spiro atoms. The molecule has 0 aliphatic rings. The van der Waals surface area contributed by atoms with Gasteiger partial charge in [0, 0.05) is 11.4 Å². The number of likely N-dealkylation sites (N-methyl/N-ethyl adjacent to an activating group) is 1. The summed E-state index contributed by atoms with van der Waals surface area (Å²) in [4.78, 5) is 27.0. The zero-order valence-corrected chi connectivity index (χ0v) is 18.2. The minimum absolute atomic E-state index is 0.124. The van der Waals surface area contributed by atoms with Crippen LogP contribution >= 0.6 is 0 Å². The van der Waals surface area contributed by atoms with Crippen molar-refractivity contribution in [3.05, 3.63) is 71.3 Å². The van der Waals surface area contributed by atoms with E-state index in [1.54, 1.807) is 18.9 Å². The Bertz CT molecular complexity index is 1070. The van der Waals surface area contributed by atoms with Crippen molar-refractivity contribution in [2.45, 2.75) is 33.7 Å². The summed E-state index contributed by atoms with van der Waals surface area (Å²) in [6.45, 7) is 7.93. The third-order valence-electron chi connectivity index (χ3n) is 5.39. The highest BCUT2D eigenvalue weighted by molar-refractivity contribution is 5.98. The minimum Gasteiger partial charge on any atom is -0.325 e. The predicted octanol–water partition coefficient (Wildman–Crippen LogP) is 4.66. The molecule has 0 aliphatic heterocycles. The maximum absolute atomic E-state index is 12.7. The minimum atomic E-state index is -0.456.